The molecule has 0 saturated heterocycles. The van der Waals surface area contributed by atoms with E-state index in [9.17, 15) is 0 Å². The van der Waals surface area contributed by atoms with Crippen molar-refractivity contribution in [3.05, 3.63) is 24.2 Å². The quantitative estimate of drug-likeness (QED) is 0.824. The first-order chi connectivity index (χ1) is 7.33. The average Bonchev–Trinajstić information content (AvgIpc) is 2.81. The Kier molecular flexibility index (Phi) is 3.47. The third kappa shape index (κ3) is 2.25. The van der Waals surface area contributed by atoms with E-state index in [4.69, 9.17) is 10.2 Å². The molecule has 1 saturated carbocycles. The minimum atomic E-state index is 0.102. The van der Waals surface area contributed by atoms with Crippen LogP contribution in [0.15, 0.2) is 22.8 Å². The predicted octanol–water partition coefficient (Wildman–Crippen LogP) is 3.50. The van der Waals surface area contributed by atoms with Crippen molar-refractivity contribution < 1.29 is 4.42 Å². The maximum Gasteiger partial charge on any atom is 0.120 e. The van der Waals surface area contributed by atoms with Crippen LogP contribution in [0, 0.1) is 11.8 Å². The second kappa shape index (κ2) is 4.84. The van der Waals surface area contributed by atoms with Crippen LogP contribution >= 0.6 is 0 Å². The molecule has 1 heterocycles. The van der Waals surface area contributed by atoms with Crippen LogP contribution in [0.1, 0.15) is 50.8 Å². The van der Waals surface area contributed by atoms with Crippen molar-refractivity contribution in [3.63, 3.8) is 0 Å². The second-order valence-corrected chi connectivity index (χ2v) is 4.66. The number of nitrogens with two attached hydrogens (primary N) is 1. The summed E-state index contributed by atoms with van der Waals surface area (Å²) < 4.78 is 5.42. The lowest BCUT2D eigenvalue weighted by molar-refractivity contribution is 0.183. The molecular formula is C13H21NO. The fraction of sp³-hybridized carbons (Fsp3) is 0.692. The summed E-state index contributed by atoms with van der Waals surface area (Å²) in [7, 11) is 0. The van der Waals surface area contributed by atoms with Crippen LogP contribution in [0.3, 0.4) is 0 Å². The van der Waals surface area contributed by atoms with Gasteiger partial charge in [0, 0.05) is 0 Å². The fourth-order valence-electron chi connectivity index (χ4n) is 2.91. The highest BCUT2D eigenvalue weighted by atomic mass is 16.3. The molecule has 2 rings (SSSR count). The van der Waals surface area contributed by atoms with Crippen molar-refractivity contribution in [3.8, 4) is 0 Å². The zero-order valence-electron chi connectivity index (χ0n) is 9.49. The van der Waals surface area contributed by atoms with E-state index in [-0.39, 0.29) is 6.04 Å². The van der Waals surface area contributed by atoms with Crippen molar-refractivity contribution >= 4 is 0 Å². The molecular weight excluding hydrogens is 186 g/mol. The molecule has 1 aromatic rings. The molecule has 1 aromatic heterocycles. The second-order valence-electron chi connectivity index (χ2n) is 4.66. The molecule has 3 unspecified atom stereocenters. The summed E-state index contributed by atoms with van der Waals surface area (Å²) in [6.07, 6.45) is 8.28. The predicted molar refractivity (Wildman–Crippen MR) is 61.4 cm³/mol. The van der Waals surface area contributed by atoms with Crippen molar-refractivity contribution in [1.82, 2.24) is 0 Å². The van der Waals surface area contributed by atoms with Crippen molar-refractivity contribution in [1.29, 1.82) is 0 Å². The number of hydrogen-bond donors (Lipinski definition) is 1. The van der Waals surface area contributed by atoms with E-state index in [1.54, 1.807) is 6.26 Å². The van der Waals surface area contributed by atoms with Crippen LogP contribution in [-0.2, 0) is 0 Å². The maximum absolute atomic E-state index is 6.29. The molecule has 1 aliphatic carbocycles. The van der Waals surface area contributed by atoms with E-state index in [0.717, 1.165) is 11.7 Å². The van der Waals surface area contributed by atoms with Gasteiger partial charge in [0.1, 0.15) is 5.76 Å². The zero-order valence-corrected chi connectivity index (χ0v) is 9.49. The molecule has 2 heteroatoms. The van der Waals surface area contributed by atoms with E-state index in [1.165, 1.54) is 32.1 Å². The highest BCUT2D eigenvalue weighted by Crippen LogP contribution is 2.39. The summed E-state index contributed by atoms with van der Waals surface area (Å²) in [5, 5.41) is 0. The van der Waals surface area contributed by atoms with Crippen LogP contribution in [0.25, 0.3) is 0 Å². The number of furan rings is 1. The summed E-state index contributed by atoms with van der Waals surface area (Å²) in [4.78, 5) is 0. The molecule has 0 aliphatic heterocycles. The normalized spacial score (nSPS) is 28.9. The molecule has 3 atom stereocenters. The molecule has 1 aliphatic rings. The van der Waals surface area contributed by atoms with Crippen molar-refractivity contribution in [2.45, 2.75) is 45.1 Å². The maximum atomic E-state index is 6.29. The van der Waals surface area contributed by atoms with Crippen molar-refractivity contribution in [2.75, 3.05) is 0 Å². The fourth-order valence-corrected chi connectivity index (χ4v) is 2.91. The van der Waals surface area contributed by atoms with Gasteiger partial charge in [-0.1, -0.05) is 32.6 Å². The Balaban J connectivity index is 2.07. The summed E-state index contributed by atoms with van der Waals surface area (Å²) in [5.41, 5.74) is 6.29. The first-order valence-electron chi connectivity index (χ1n) is 6.12. The molecule has 0 bridgehead atoms. The molecule has 84 valence electrons. The lowest BCUT2D eigenvalue weighted by Gasteiger charge is -2.34. The Labute approximate surface area is 91.8 Å². The first-order valence-corrected chi connectivity index (χ1v) is 6.12. The molecule has 15 heavy (non-hydrogen) atoms. The SMILES string of the molecule is CCC1CCCCC1C(N)c1ccco1. The molecule has 2 N–H and O–H groups in total. The van der Waals surface area contributed by atoms with Gasteiger partial charge in [-0.3, -0.25) is 0 Å². The van der Waals surface area contributed by atoms with Gasteiger partial charge in [0.25, 0.3) is 0 Å². The van der Waals surface area contributed by atoms with E-state index in [0.29, 0.717) is 5.92 Å². The average molecular weight is 207 g/mol. The Morgan fingerprint density at radius 3 is 2.93 bits per heavy atom. The summed E-state index contributed by atoms with van der Waals surface area (Å²) in [6, 6.07) is 4.04. The monoisotopic (exact) mass is 207 g/mol. The van der Waals surface area contributed by atoms with E-state index in [1.807, 2.05) is 12.1 Å². The third-order valence-electron chi connectivity index (χ3n) is 3.83. The Hall–Kier alpha value is -0.760. The lowest BCUT2D eigenvalue weighted by Crippen LogP contribution is -2.30. The largest absolute Gasteiger partial charge is 0.468 e. The first kappa shape index (κ1) is 10.7. The van der Waals surface area contributed by atoms with Crippen LogP contribution in [-0.4, -0.2) is 0 Å². The van der Waals surface area contributed by atoms with E-state index >= 15 is 0 Å². The molecule has 1 fully saturated rings. The molecule has 0 aromatic carbocycles. The molecule has 0 radical (unpaired) electrons. The van der Waals surface area contributed by atoms with Gasteiger partial charge in [0.2, 0.25) is 0 Å². The van der Waals surface area contributed by atoms with Gasteiger partial charge >= 0.3 is 0 Å². The standard InChI is InChI=1S/C13H21NO/c1-2-10-6-3-4-7-11(10)13(14)12-8-5-9-15-12/h5,8-11,13H,2-4,6-7,14H2,1H3. The minimum Gasteiger partial charge on any atom is -0.468 e. The van der Waals surface area contributed by atoms with Crippen molar-refractivity contribution in [2.24, 2.45) is 17.6 Å². The third-order valence-corrected chi connectivity index (χ3v) is 3.83. The van der Waals surface area contributed by atoms with Gasteiger partial charge in [-0.15, -0.1) is 0 Å². The summed E-state index contributed by atoms with van der Waals surface area (Å²) in [5.74, 6) is 2.37. The Bertz CT molecular complexity index is 281. The number of hydrogen-bond acceptors (Lipinski definition) is 2. The van der Waals surface area contributed by atoms with Gasteiger partial charge in [0.15, 0.2) is 0 Å². The topological polar surface area (TPSA) is 39.2 Å². The highest BCUT2D eigenvalue weighted by Gasteiger charge is 2.30. The summed E-state index contributed by atoms with van der Waals surface area (Å²) in [6.45, 7) is 2.28. The minimum absolute atomic E-state index is 0.102. The van der Waals surface area contributed by atoms with Gasteiger partial charge in [-0.2, -0.15) is 0 Å². The van der Waals surface area contributed by atoms with Gasteiger partial charge in [0.05, 0.1) is 12.3 Å². The summed E-state index contributed by atoms with van der Waals surface area (Å²) >= 11 is 0. The van der Waals surface area contributed by atoms with E-state index in [2.05, 4.69) is 6.92 Å². The Morgan fingerprint density at radius 2 is 2.27 bits per heavy atom. The molecule has 0 amide bonds. The van der Waals surface area contributed by atoms with Gasteiger partial charge in [-0.05, 0) is 30.4 Å². The van der Waals surface area contributed by atoms with Crippen LogP contribution < -0.4 is 5.73 Å². The van der Waals surface area contributed by atoms with Crippen LogP contribution in [0.5, 0.6) is 0 Å². The lowest BCUT2D eigenvalue weighted by atomic mass is 9.74. The number of rotatable bonds is 3. The molecule has 0 spiro atoms. The zero-order chi connectivity index (χ0) is 10.7. The van der Waals surface area contributed by atoms with Gasteiger partial charge < -0.3 is 10.2 Å². The van der Waals surface area contributed by atoms with E-state index < -0.39 is 0 Å². The highest BCUT2D eigenvalue weighted by molar-refractivity contribution is 5.06. The Morgan fingerprint density at radius 1 is 1.47 bits per heavy atom. The van der Waals surface area contributed by atoms with Gasteiger partial charge in [-0.25, -0.2) is 0 Å². The van der Waals surface area contributed by atoms with Crippen LogP contribution in [0.2, 0.25) is 0 Å². The smallest absolute Gasteiger partial charge is 0.120 e. The van der Waals surface area contributed by atoms with Crippen LogP contribution in [0.4, 0.5) is 0 Å². The molecule has 2 nitrogen and oxygen atoms in total.